The van der Waals surface area contributed by atoms with Gasteiger partial charge in [0, 0.05) is 10.8 Å². The molecule has 148 valence electrons. The minimum absolute atomic E-state index is 0.383. The molecule has 1 atom stereocenters. The Bertz CT molecular complexity index is 732. The first-order valence-electron chi connectivity index (χ1n) is 8.46. The maximum atomic E-state index is 12.1. The lowest BCUT2D eigenvalue weighted by Gasteiger charge is -2.22. The number of amides is 1. The number of nitrogens with zero attached hydrogens (tertiary/aromatic N) is 2. The van der Waals surface area contributed by atoms with Gasteiger partial charge < -0.3 is 14.5 Å². The number of hydrogen-bond donors (Lipinski definition) is 1. The second-order valence-electron chi connectivity index (χ2n) is 6.80. The summed E-state index contributed by atoms with van der Waals surface area (Å²) < 4.78 is 11.1. The lowest BCUT2D eigenvalue weighted by molar-refractivity contribution is 0.0493. The van der Waals surface area contributed by atoms with Crippen LogP contribution in [0.15, 0.2) is 33.9 Å². The number of carbonyl (C=O) groups is 1. The highest BCUT2D eigenvalue weighted by molar-refractivity contribution is 7.98. The largest absolute Gasteiger partial charge is 0.444 e. The van der Waals surface area contributed by atoms with Crippen LogP contribution in [-0.2, 0) is 10.5 Å². The molecule has 27 heavy (non-hydrogen) atoms. The highest BCUT2D eigenvalue weighted by Gasteiger charge is 2.24. The molecule has 2 rings (SSSR count). The van der Waals surface area contributed by atoms with Crippen LogP contribution in [0.3, 0.4) is 0 Å². The molecule has 0 aliphatic rings. The third-order valence-electron chi connectivity index (χ3n) is 3.30. The standard InChI is InChI=1S/C18H24ClN3O3S2/c1-18(2,3)25-16(23)20-14(9-10-26-4)15-21-22-17(24-15)27-11-12-5-7-13(19)8-6-12/h5-8,14H,9-11H2,1-4H3,(H,20,23)/t14-/m1/s1. The monoisotopic (exact) mass is 429 g/mol. The van der Waals surface area contributed by atoms with E-state index in [1.165, 1.54) is 11.8 Å². The second kappa shape index (κ2) is 10.2. The molecule has 0 aliphatic carbocycles. The molecule has 0 spiro atoms. The van der Waals surface area contributed by atoms with Gasteiger partial charge in [-0.1, -0.05) is 35.5 Å². The van der Waals surface area contributed by atoms with E-state index in [-0.39, 0.29) is 6.04 Å². The third-order valence-corrected chi connectivity index (χ3v) is 5.08. The van der Waals surface area contributed by atoms with E-state index in [0.717, 1.165) is 11.3 Å². The molecule has 2 aromatic rings. The first-order chi connectivity index (χ1) is 12.8. The van der Waals surface area contributed by atoms with Gasteiger partial charge >= 0.3 is 6.09 Å². The van der Waals surface area contributed by atoms with Crippen LogP contribution in [0.1, 0.15) is 44.7 Å². The van der Waals surface area contributed by atoms with Crippen molar-refractivity contribution in [2.45, 2.75) is 49.8 Å². The molecule has 1 aromatic carbocycles. The number of halogens is 1. The van der Waals surface area contributed by atoms with Crippen LogP contribution < -0.4 is 5.32 Å². The van der Waals surface area contributed by atoms with E-state index in [2.05, 4.69) is 15.5 Å². The molecule has 0 aliphatic heterocycles. The summed E-state index contributed by atoms with van der Waals surface area (Å²) in [6, 6.07) is 7.22. The Hall–Kier alpha value is -1.38. The van der Waals surface area contributed by atoms with E-state index in [1.807, 2.05) is 51.3 Å². The minimum atomic E-state index is -0.567. The Morgan fingerprint density at radius 1 is 1.30 bits per heavy atom. The fourth-order valence-electron chi connectivity index (χ4n) is 2.09. The summed E-state index contributed by atoms with van der Waals surface area (Å²) in [6.07, 6.45) is 2.18. The Balaban J connectivity index is 1.99. The summed E-state index contributed by atoms with van der Waals surface area (Å²) >= 11 is 9.02. The van der Waals surface area contributed by atoms with Crippen LogP contribution in [0.2, 0.25) is 5.02 Å². The molecule has 0 saturated heterocycles. The summed E-state index contributed by atoms with van der Waals surface area (Å²) in [7, 11) is 0. The van der Waals surface area contributed by atoms with Gasteiger partial charge in [0.15, 0.2) is 0 Å². The molecule has 0 bridgehead atoms. The fourth-order valence-corrected chi connectivity index (χ4v) is 3.41. The summed E-state index contributed by atoms with van der Waals surface area (Å²) in [5, 5.41) is 12.2. The van der Waals surface area contributed by atoms with Crippen molar-refractivity contribution in [1.29, 1.82) is 0 Å². The van der Waals surface area contributed by atoms with Crippen molar-refractivity contribution < 1.29 is 13.9 Å². The van der Waals surface area contributed by atoms with E-state index >= 15 is 0 Å². The Morgan fingerprint density at radius 3 is 2.63 bits per heavy atom. The lowest BCUT2D eigenvalue weighted by atomic mass is 10.2. The van der Waals surface area contributed by atoms with Crippen LogP contribution in [0.25, 0.3) is 0 Å². The molecule has 0 saturated carbocycles. The van der Waals surface area contributed by atoms with Gasteiger partial charge in [0.2, 0.25) is 5.89 Å². The van der Waals surface area contributed by atoms with Crippen LogP contribution >= 0.6 is 35.1 Å². The second-order valence-corrected chi connectivity index (χ2v) is 9.15. The average Bonchev–Trinajstić information content (AvgIpc) is 3.05. The van der Waals surface area contributed by atoms with Crippen LogP contribution in [0, 0.1) is 0 Å². The maximum absolute atomic E-state index is 12.1. The Morgan fingerprint density at radius 2 is 2.00 bits per heavy atom. The highest BCUT2D eigenvalue weighted by Crippen LogP contribution is 2.26. The number of nitrogens with one attached hydrogen (secondary N) is 1. The van der Waals surface area contributed by atoms with Crippen LogP contribution in [0.5, 0.6) is 0 Å². The molecule has 0 fully saturated rings. The Kier molecular flexibility index (Phi) is 8.31. The van der Waals surface area contributed by atoms with Gasteiger partial charge in [0.05, 0.1) is 0 Å². The Labute approximate surface area is 173 Å². The molecular weight excluding hydrogens is 406 g/mol. The van der Waals surface area contributed by atoms with Gasteiger partial charge in [0.1, 0.15) is 11.6 Å². The maximum Gasteiger partial charge on any atom is 0.408 e. The number of rotatable bonds is 8. The molecule has 6 nitrogen and oxygen atoms in total. The zero-order valence-corrected chi connectivity index (χ0v) is 18.2. The van der Waals surface area contributed by atoms with Gasteiger partial charge in [-0.2, -0.15) is 11.8 Å². The number of aromatic nitrogens is 2. The van der Waals surface area contributed by atoms with Crippen molar-refractivity contribution in [1.82, 2.24) is 15.5 Å². The summed E-state index contributed by atoms with van der Waals surface area (Å²) in [4.78, 5) is 12.1. The topological polar surface area (TPSA) is 77.2 Å². The van der Waals surface area contributed by atoms with Crippen LogP contribution in [-0.4, -0.2) is 33.9 Å². The van der Waals surface area contributed by atoms with Gasteiger partial charge in [-0.3, -0.25) is 0 Å². The quantitative estimate of drug-likeness (QED) is 0.568. The molecule has 1 N–H and O–H groups in total. The lowest BCUT2D eigenvalue weighted by Crippen LogP contribution is -2.35. The number of thioether (sulfide) groups is 2. The van der Waals surface area contributed by atoms with E-state index < -0.39 is 11.7 Å². The number of benzene rings is 1. The zero-order valence-electron chi connectivity index (χ0n) is 15.8. The van der Waals surface area contributed by atoms with Crippen molar-refractivity contribution in [2.75, 3.05) is 12.0 Å². The third kappa shape index (κ3) is 8.02. The van der Waals surface area contributed by atoms with Crippen molar-refractivity contribution >= 4 is 41.2 Å². The fraction of sp³-hybridized carbons (Fsp3) is 0.500. The number of alkyl carbamates (subject to hydrolysis) is 1. The smallest absolute Gasteiger partial charge is 0.408 e. The highest BCUT2D eigenvalue weighted by atomic mass is 35.5. The molecule has 1 heterocycles. The first kappa shape index (κ1) is 21.9. The summed E-state index contributed by atoms with van der Waals surface area (Å²) in [5.41, 5.74) is 0.540. The number of carbonyl (C=O) groups excluding carboxylic acids is 1. The minimum Gasteiger partial charge on any atom is -0.444 e. The molecule has 1 amide bonds. The van der Waals surface area contributed by atoms with Gasteiger partial charge in [0.25, 0.3) is 5.22 Å². The molecular formula is C18H24ClN3O3S2. The molecule has 1 aromatic heterocycles. The molecule has 0 radical (unpaired) electrons. The van der Waals surface area contributed by atoms with Crippen molar-refractivity contribution in [3.8, 4) is 0 Å². The predicted molar refractivity (Wildman–Crippen MR) is 110 cm³/mol. The van der Waals surface area contributed by atoms with Gasteiger partial charge in [-0.05, 0) is 56.9 Å². The van der Waals surface area contributed by atoms with E-state index in [1.54, 1.807) is 11.8 Å². The normalized spacial score (nSPS) is 12.6. The summed E-state index contributed by atoms with van der Waals surface area (Å²) in [5.74, 6) is 1.91. The van der Waals surface area contributed by atoms with Crippen LogP contribution in [0.4, 0.5) is 4.79 Å². The van der Waals surface area contributed by atoms with Gasteiger partial charge in [-0.25, -0.2) is 4.79 Å². The molecule has 9 heteroatoms. The van der Waals surface area contributed by atoms with E-state index in [9.17, 15) is 4.79 Å². The zero-order chi connectivity index (χ0) is 19.9. The number of hydrogen-bond acceptors (Lipinski definition) is 7. The van der Waals surface area contributed by atoms with E-state index in [0.29, 0.717) is 28.3 Å². The van der Waals surface area contributed by atoms with Crippen molar-refractivity contribution in [3.63, 3.8) is 0 Å². The van der Waals surface area contributed by atoms with E-state index in [4.69, 9.17) is 20.8 Å². The first-order valence-corrected chi connectivity index (χ1v) is 11.2. The van der Waals surface area contributed by atoms with Crippen molar-refractivity contribution in [2.24, 2.45) is 0 Å². The SMILES string of the molecule is CSCC[C@@H](NC(=O)OC(C)(C)C)c1nnc(SCc2ccc(Cl)cc2)o1. The predicted octanol–water partition coefficient (Wildman–Crippen LogP) is 5.33. The molecule has 0 unspecified atom stereocenters. The number of ether oxygens (including phenoxy) is 1. The van der Waals surface area contributed by atoms with Crippen molar-refractivity contribution in [3.05, 3.63) is 40.7 Å². The average molecular weight is 430 g/mol. The van der Waals surface area contributed by atoms with Gasteiger partial charge in [-0.15, -0.1) is 10.2 Å². The summed E-state index contributed by atoms with van der Waals surface area (Å²) in [6.45, 7) is 5.46.